The summed E-state index contributed by atoms with van der Waals surface area (Å²) in [4.78, 5) is 40.5. The van der Waals surface area contributed by atoms with Crippen LogP contribution in [-0.4, -0.2) is 62.0 Å². The molecule has 36 heavy (non-hydrogen) atoms. The fourth-order valence-electron chi connectivity index (χ4n) is 3.82. The molecule has 0 saturated carbocycles. The first-order valence-electron chi connectivity index (χ1n) is 11.1. The van der Waals surface area contributed by atoms with E-state index in [4.69, 9.17) is 20.5 Å². The highest BCUT2D eigenvalue weighted by Gasteiger charge is 2.37. The lowest BCUT2D eigenvalue weighted by Gasteiger charge is -2.27. The lowest BCUT2D eigenvalue weighted by molar-refractivity contribution is -0.136. The lowest BCUT2D eigenvalue weighted by Crippen LogP contribution is -2.44. The summed E-state index contributed by atoms with van der Waals surface area (Å²) >= 11 is 7.04. The summed E-state index contributed by atoms with van der Waals surface area (Å²) < 4.78 is 35.8. The van der Waals surface area contributed by atoms with E-state index in [9.17, 15) is 22.8 Å². The van der Waals surface area contributed by atoms with E-state index in [1.54, 1.807) is 23.1 Å². The number of nitrogens with zero attached hydrogens (tertiary/aromatic N) is 2. The van der Waals surface area contributed by atoms with E-state index in [-0.39, 0.29) is 38.8 Å². The molecular formula is C24H23ClN2O7S2. The molecule has 2 aromatic carbocycles. The number of rotatable bonds is 7. The van der Waals surface area contributed by atoms with Gasteiger partial charge in [-0.3, -0.25) is 19.3 Å². The largest absolute Gasteiger partial charge is 0.493 e. The van der Waals surface area contributed by atoms with E-state index in [1.807, 2.05) is 0 Å². The summed E-state index contributed by atoms with van der Waals surface area (Å²) in [6.07, 6.45) is 4.30. The topological polar surface area (TPSA) is 110 Å². The van der Waals surface area contributed by atoms with Crippen LogP contribution >= 0.6 is 23.4 Å². The average Bonchev–Trinajstić information content (AvgIpc) is 3.13. The number of imide groups is 1. The van der Waals surface area contributed by atoms with Gasteiger partial charge in [0.05, 0.1) is 17.0 Å². The Kier molecular flexibility index (Phi) is 7.91. The number of benzene rings is 2. The van der Waals surface area contributed by atoms with Gasteiger partial charge in [-0.1, -0.05) is 29.8 Å². The first kappa shape index (κ1) is 26.1. The number of piperidine rings is 1. The van der Waals surface area contributed by atoms with Crippen LogP contribution in [0, 0.1) is 0 Å². The molecule has 2 aromatic rings. The highest BCUT2D eigenvalue weighted by Crippen LogP contribution is 2.40. The van der Waals surface area contributed by atoms with Crippen LogP contribution in [0.5, 0.6) is 11.5 Å². The van der Waals surface area contributed by atoms with Gasteiger partial charge < -0.3 is 13.8 Å². The highest BCUT2D eigenvalue weighted by atomic mass is 35.5. The first-order valence-corrected chi connectivity index (χ1v) is 13.7. The zero-order valence-electron chi connectivity index (χ0n) is 19.3. The SMILES string of the molecule is COc1cc(/C=C2\SC(=O)N(CC(=O)N3CCCCC3)C2=O)cc(Cl)c1OS(=O)(=O)c1ccccc1. The second-order valence-corrected chi connectivity index (χ2v) is 11.0. The third-order valence-corrected chi connectivity index (χ3v) is 8.07. The Hall–Kier alpha value is -3.02. The van der Waals surface area contributed by atoms with Crippen LogP contribution in [0.25, 0.3) is 6.08 Å². The fraction of sp³-hybridized carbons (Fsp3) is 0.292. The van der Waals surface area contributed by atoms with Crippen molar-refractivity contribution in [3.8, 4) is 11.5 Å². The third-order valence-electron chi connectivity index (χ3n) is 5.65. The summed E-state index contributed by atoms with van der Waals surface area (Å²) in [5.41, 5.74) is 0.383. The zero-order chi connectivity index (χ0) is 25.9. The number of likely N-dealkylation sites (tertiary alicyclic amines) is 1. The fourth-order valence-corrected chi connectivity index (χ4v) is 5.93. The predicted molar refractivity (Wildman–Crippen MR) is 135 cm³/mol. The van der Waals surface area contributed by atoms with E-state index < -0.39 is 21.3 Å². The second-order valence-electron chi connectivity index (χ2n) is 8.09. The van der Waals surface area contributed by atoms with Gasteiger partial charge in [-0.2, -0.15) is 8.42 Å². The smallest absolute Gasteiger partial charge is 0.339 e. The molecule has 0 N–H and O–H groups in total. The number of carbonyl (C=O) groups is 3. The van der Waals surface area contributed by atoms with Crippen molar-refractivity contribution < 1.29 is 31.7 Å². The van der Waals surface area contributed by atoms with Gasteiger partial charge in [0.15, 0.2) is 5.75 Å². The Bertz CT molecular complexity index is 1320. The van der Waals surface area contributed by atoms with Crippen molar-refractivity contribution in [1.29, 1.82) is 0 Å². The predicted octanol–water partition coefficient (Wildman–Crippen LogP) is 4.17. The highest BCUT2D eigenvalue weighted by molar-refractivity contribution is 8.18. The molecule has 12 heteroatoms. The van der Waals surface area contributed by atoms with Gasteiger partial charge in [0.1, 0.15) is 11.4 Å². The molecule has 9 nitrogen and oxygen atoms in total. The molecule has 2 saturated heterocycles. The lowest BCUT2D eigenvalue weighted by atomic mass is 10.1. The van der Waals surface area contributed by atoms with E-state index in [0.717, 1.165) is 24.2 Å². The molecule has 0 spiro atoms. The molecule has 0 atom stereocenters. The molecule has 0 radical (unpaired) electrons. The number of hydrogen-bond donors (Lipinski definition) is 0. The first-order chi connectivity index (χ1) is 17.2. The van der Waals surface area contributed by atoms with E-state index >= 15 is 0 Å². The number of methoxy groups -OCH3 is 1. The van der Waals surface area contributed by atoms with E-state index in [2.05, 4.69) is 0 Å². The van der Waals surface area contributed by atoms with Crippen LogP contribution in [0.1, 0.15) is 24.8 Å². The molecule has 0 aromatic heterocycles. The number of amides is 3. The molecule has 2 aliphatic heterocycles. The van der Waals surface area contributed by atoms with Crippen molar-refractivity contribution in [1.82, 2.24) is 9.80 Å². The molecule has 3 amide bonds. The van der Waals surface area contributed by atoms with Crippen LogP contribution in [0.4, 0.5) is 4.79 Å². The molecule has 2 heterocycles. The molecule has 0 bridgehead atoms. The summed E-state index contributed by atoms with van der Waals surface area (Å²) in [5, 5.41) is -0.608. The molecule has 0 unspecified atom stereocenters. The zero-order valence-corrected chi connectivity index (χ0v) is 21.7. The maximum Gasteiger partial charge on any atom is 0.339 e. The summed E-state index contributed by atoms with van der Waals surface area (Å²) in [6.45, 7) is 0.936. The molecule has 2 fully saturated rings. The van der Waals surface area contributed by atoms with E-state index in [1.165, 1.54) is 37.5 Å². The van der Waals surface area contributed by atoms with Gasteiger partial charge in [-0.05, 0) is 66.9 Å². The van der Waals surface area contributed by atoms with Crippen molar-refractivity contribution in [3.63, 3.8) is 0 Å². The number of thioether (sulfide) groups is 1. The molecule has 2 aliphatic rings. The normalized spacial score (nSPS) is 17.6. The average molecular weight is 551 g/mol. The Labute approximate surface area is 218 Å². The number of hydrogen-bond acceptors (Lipinski definition) is 8. The standard InChI is InChI=1S/C24H23ClN2O7S2/c1-33-19-13-16(12-18(25)22(19)34-36(31,32)17-8-4-2-5-9-17)14-20-23(29)27(24(30)35-20)15-21(28)26-10-6-3-7-11-26/h2,4-5,8-9,12-14H,3,6-7,10-11,15H2,1H3/b20-14-. The van der Waals surface area contributed by atoms with Crippen LogP contribution in [0.15, 0.2) is 52.3 Å². The minimum absolute atomic E-state index is 0.0211. The number of halogens is 1. The Morgan fingerprint density at radius 1 is 1.11 bits per heavy atom. The number of carbonyl (C=O) groups excluding carboxylic acids is 3. The van der Waals surface area contributed by atoms with Crippen molar-refractivity contribution in [2.75, 3.05) is 26.7 Å². The van der Waals surface area contributed by atoms with Gasteiger partial charge in [0, 0.05) is 13.1 Å². The Morgan fingerprint density at radius 2 is 1.81 bits per heavy atom. The van der Waals surface area contributed by atoms with Crippen LogP contribution in [0.3, 0.4) is 0 Å². The molecule has 190 valence electrons. The van der Waals surface area contributed by atoms with Crippen molar-refractivity contribution >= 4 is 56.6 Å². The van der Waals surface area contributed by atoms with Crippen LogP contribution < -0.4 is 8.92 Å². The molecular weight excluding hydrogens is 528 g/mol. The van der Waals surface area contributed by atoms with Gasteiger partial charge in [-0.15, -0.1) is 0 Å². The summed E-state index contributed by atoms with van der Waals surface area (Å²) in [6, 6.07) is 10.4. The van der Waals surface area contributed by atoms with Gasteiger partial charge in [-0.25, -0.2) is 0 Å². The Balaban J connectivity index is 1.54. The van der Waals surface area contributed by atoms with Gasteiger partial charge >= 0.3 is 10.1 Å². The summed E-state index contributed by atoms with van der Waals surface area (Å²) in [5.74, 6) is -1.03. The quantitative estimate of drug-likeness (QED) is 0.373. The van der Waals surface area contributed by atoms with Gasteiger partial charge in [0.2, 0.25) is 11.7 Å². The maximum atomic E-state index is 12.9. The van der Waals surface area contributed by atoms with E-state index in [0.29, 0.717) is 30.4 Å². The summed E-state index contributed by atoms with van der Waals surface area (Å²) in [7, 11) is -2.86. The third kappa shape index (κ3) is 5.69. The van der Waals surface area contributed by atoms with Crippen LogP contribution in [0.2, 0.25) is 5.02 Å². The van der Waals surface area contributed by atoms with Crippen molar-refractivity contribution in [2.45, 2.75) is 24.2 Å². The minimum atomic E-state index is -4.17. The monoisotopic (exact) mass is 550 g/mol. The molecule has 4 rings (SSSR count). The van der Waals surface area contributed by atoms with Crippen molar-refractivity contribution in [3.05, 3.63) is 58.0 Å². The molecule has 0 aliphatic carbocycles. The Morgan fingerprint density at radius 3 is 2.47 bits per heavy atom. The van der Waals surface area contributed by atoms with Gasteiger partial charge in [0.25, 0.3) is 11.1 Å². The maximum absolute atomic E-state index is 12.9. The number of ether oxygens (including phenoxy) is 1. The van der Waals surface area contributed by atoms with Crippen LogP contribution in [-0.2, 0) is 19.7 Å². The van der Waals surface area contributed by atoms with Crippen molar-refractivity contribution in [2.24, 2.45) is 0 Å². The minimum Gasteiger partial charge on any atom is -0.493 e. The second kappa shape index (κ2) is 10.9.